The van der Waals surface area contributed by atoms with Gasteiger partial charge in [-0.25, -0.2) is 4.79 Å². The van der Waals surface area contributed by atoms with E-state index in [1.54, 1.807) is 11.9 Å². The first-order valence-corrected chi connectivity index (χ1v) is 13.4. The minimum absolute atomic E-state index is 0.0396. The summed E-state index contributed by atoms with van der Waals surface area (Å²) < 4.78 is 78.4. The number of halogens is 6. The van der Waals surface area contributed by atoms with Gasteiger partial charge >= 0.3 is 24.4 Å². The van der Waals surface area contributed by atoms with Crippen molar-refractivity contribution in [2.75, 3.05) is 40.3 Å². The number of nitrogens with zero attached hydrogens (tertiary/aromatic N) is 3. The first kappa shape index (κ1) is 34.2. The third-order valence-electron chi connectivity index (χ3n) is 7.47. The zero-order valence-corrected chi connectivity index (χ0v) is 24.0. The van der Waals surface area contributed by atoms with E-state index in [-0.39, 0.29) is 30.0 Å². The number of alkyl halides is 6. The fraction of sp³-hybridized carbons (Fsp3) is 0.586. The lowest BCUT2D eigenvalue weighted by atomic mass is 9.86. The predicted molar refractivity (Wildman–Crippen MR) is 144 cm³/mol. The van der Waals surface area contributed by atoms with E-state index >= 15 is 0 Å². The molecule has 2 amide bonds. The van der Waals surface area contributed by atoms with Crippen LogP contribution in [0.3, 0.4) is 0 Å². The van der Waals surface area contributed by atoms with Gasteiger partial charge in [0, 0.05) is 33.2 Å². The number of rotatable bonds is 6. The van der Waals surface area contributed by atoms with Gasteiger partial charge in [0.05, 0.1) is 17.7 Å². The molecule has 1 aromatic carbocycles. The average molecular weight is 592 g/mol. The highest BCUT2D eigenvalue weighted by Gasteiger charge is 2.37. The van der Waals surface area contributed by atoms with Gasteiger partial charge in [-0.3, -0.25) is 9.69 Å². The van der Waals surface area contributed by atoms with Crippen LogP contribution in [0.4, 0.5) is 31.1 Å². The second kappa shape index (κ2) is 14.2. The lowest BCUT2D eigenvalue weighted by molar-refractivity contribution is -0.143. The van der Waals surface area contributed by atoms with Crippen LogP contribution in [0, 0.1) is 23.7 Å². The molecule has 12 heteroatoms. The molecule has 1 aromatic rings. The van der Waals surface area contributed by atoms with E-state index in [9.17, 15) is 35.9 Å². The zero-order valence-electron chi connectivity index (χ0n) is 24.0. The van der Waals surface area contributed by atoms with Crippen LogP contribution in [0.5, 0.6) is 0 Å². The molecule has 41 heavy (non-hydrogen) atoms. The maximum absolute atomic E-state index is 13.1. The molecule has 1 heterocycles. The number of amides is 2. The zero-order chi connectivity index (χ0) is 31.1. The van der Waals surface area contributed by atoms with Crippen molar-refractivity contribution in [2.24, 2.45) is 23.7 Å². The summed E-state index contributed by atoms with van der Waals surface area (Å²) >= 11 is 0. The number of carboxylic acids is 1. The Balaban J connectivity index is 0.000000629. The predicted octanol–water partition coefficient (Wildman–Crippen LogP) is 6.64. The monoisotopic (exact) mass is 591 g/mol. The van der Waals surface area contributed by atoms with Crippen molar-refractivity contribution in [3.63, 3.8) is 0 Å². The molecule has 3 rings (SSSR count). The summed E-state index contributed by atoms with van der Waals surface area (Å²) in [5.41, 5.74) is -3.12. The van der Waals surface area contributed by atoms with E-state index in [1.165, 1.54) is 11.9 Å². The molecule has 230 valence electrons. The molecule has 1 N–H and O–H groups in total. The molecule has 6 nitrogen and oxygen atoms in total. The number of allylic oxidation sites excluding steroid dienone is 4. The quantitative estimate of drug-likeness (QED) is 0.377. The number of likely N-dealkylation sites (N-methyl/N-ethyl adjacent to an activating group) is 1. The fourth-order valence-electron chi connectivity index (χ4n) is 4.86. The molecule has 4 atom stereocenters. The Morgan fingerprint density at radius 1 is 0.927 bits per heavy atom. The van der Waals surface area contributed by atoms with Crippen LogP contribution >= 0.6 is 0 Å². The van der Waals surface area contributed by atoms with Crippen molar-refractivity contribution in [3.8, 4) is 0 Å². The first-order valence-electron chi connectivity index (χ1n) is 13.4. The highest BCUT2D eigenvalue weighted by Crippen LogP contribution is 2.36. The maximum atomic E-state index is 13.1. The smallest absolute Gasteiger partial charge is 0.416 e. The standard InChI is InChI=1S/C21H27F6N3O3.C8H12/c1-13-9-30(5-4-15(13)11-28(2)12-18(31)32)19(33)29(3)10-14-6-16(20(22,23)24)8-17(7-14)21(25,26)27;1-7-5-3-4-6-8(7)2/h6-8,13,15H,4-5,9-12H2,1-3H3,(H,31,32);3-8H,1-2H3/t13-,15+;7-,8?/m00/s1. The number of hydrogen-bond donors (Lipinski definition) is 1. The normalized spacial score (nSPS) is 22.8. The number of piperidine rings is 1. The van der Waals surface area contributed by atoms with E-state index in [0.29, 0.717) is 38.2 Å². The van der Waals surface area contributed by atoms with Crippen molar-refractivity contribution in [1.82, 2.24) is 14.7 Å². The highest BCUT2D eigenvalue weighted by atomic mass is 19.4. The van der Waals surface area contributed by atoms with Crippen LogP contribution < -0.4 is 0 Å². The van der Waals surface area contributed by atoms with Crippen molar-refractivity contribution in [3.05, 3.63) is 59.2 Å². The molecule has 1 aliphatic carbocycles. The Kier molecular flexibility index (Phi) is 11.9. The third kappa shape index (κ3) is 10.7. The average Bonchev–Trinajstić information content (AvgIpc) is 2.85. The van der Waals surface area contributed by atoms with Crippen LogP contribution in [0.1, 0.15) is 43.9 Å². The van der Waals surface area contributed by atoms with Crippen molar-refractivity contribution < 1.29 is 41.0 Å². The second-order valence-electron chi connectivity index (χ2n) is 11.1. The van der Waals surface area contributed by atoms with Crippen LogP contribution in [0.2, 0.25) is 0 Å². The van der Waals surface area contributed by atoms with Gasteiger partial charge in [0.2, 0.25) is 0 Å². The van der Waals surface area contributed by atoms with E-state index in [4.69, 9.17) is 5.11 Å². The minimum Gasteiger partial charge on any atom is -0.480 e. The molecule has 0 bridgehead atoms. The van der Waals surface area contributed by atoms with Gasteiger partial charge < -0.3 is 14.9 Å². The number of urea groups is 1. The topological polar surface area (TPSA) is 64.1 Å². The summed E-state index contributed by atoms with van der Waals surface area (Å²) in [5, 5.41) is 8.87. The van der Waals surface area contributed by atoms with Gasteiger partial charge in [-0.1, -0.05) is 45.1 Å². The largest absolute Gasteiger partial charge is 0.480 e. The molecule has 1 unspecified atom stereocenters. The number of likely N-dealkylation sites (tertiary alicyclic amines) is 1. The van der Waals surface area contributed by atoms with Crippen LogP contribution in [-0.2, 0) is 23.7 Å². The molecule has 0 saturated carbocycles. The first-order chi connectivity index (χ1) is 18.9. The number of carbonyl (C=O) groups is 2. The van der Waals surface area contributed by atoms with Crippen LogP contribution in [0.25, 0.3) is 0 Å². The summed E-state index contributed by atoms with van der Waals surface area (Å²) in [6.45, 7) is 7.12. The van der Waals surface area contributed by atoms with Gasteiger partial charge in [0.25, 0.3) is 0 Å². The van der Waals surface area contributed by atoms with E-state index in [2.05, 4.69) is 38.2 Å². The molecular formula is C29H39F6N3O3. The Hall–Kier alpha value is -3.02. The maximum Gasteiger partial charge on any atom is 0.416 e. The molecular weight excluding hydrogens is 552 g/mol. The van der Waals surface area contributed by atoms with Crippen molar-refractivity contribution in [2.45, 2.75) is 46.1 Å². The Labute approximate surface area is 237 Å². The summed E-state index contributed by atoms with van der Waals surface area (Å²) in [4.78, 5) is 27.9. The summed E-state index contributed by atoms with van der Waals surface area (Å²) in [6, 6.07) is 0.794. The third-order valence-corrected chi connectivity index (χ3v) is 7.47. The Morgan fingerprint density at radius 3 is 1.85 bits per heavy atom. The van der Waals surface area contributed by atoms with Gasteiger partial charge in [0.15, 0.2) is 0 Å². The SMILES string of the molecule is CC1C=CC=C[C@@H]1C.C[C@H]1CN(C(=O)N(C)Cc2cc(C(F)(F)F)cc(C(F)(F)F)c2)CC[C@@H]1CN(C)CC(=O)O. The van der Waals surface area contributed by atoms with Gasteiger partial charge in [-0.15, -0.1) is 0 Å². The van der Waals surface area contributed by atoms with E-state index in [0.717, 1.165) is 16.7 Å². The van der Waals surface area contributed by atoms with Crippen LogP contribution in [0.15, 0.2) is 42.5 Å². The second-order valence-corrected chi connectivity index (χ2v) is 11.1. The van der Waals surface area contributed by atoms with Crippen molar-refractivity contribution in [1.29, 1.82) is 0 Å². The molecule has 0 spiro atoms. The van der Waals surface area contributed by atoms with Crippen molar-refractivity contribution >= 4 is 12.0 Å². The van der Waals surface area contributed by atoms with Gasteiger partial charge in [0.1, 0.15) is 0 Å². The molecule has 0 radical (unpaired) electrons. The van der Waals surface area contributed by atoms with Gasteiger partial charge in [-0.2, -0.15) is 26.3 Å². The Morgan fingerprint density at radius 2 is 1.44 bits per heavy atom. The number of benzene rings is 1. The number of carbonyl (C=O) groups excluding carboxylic acids is 1. The van der Waals surface area contributed by atoms with Crippen LogP contribution in [-0.4, -0.2) is 72.1 Å². The van der Waals surface area contributed by atoms with E-state index in [1.807, 2.05) is 6.92 Å². The molecule has 1 aliphatic heterocycles. The number of aliphatic carboxylic acids is 1. The van der Waals surface area contributed by atoms with Gasteiger partial charge in [-0.05, 0) is 60.9 Å². The summed E-state index contributed by atoms with van der Waals surface area (Å²) in [6.07, 6.45) is -0.593. The Bertz CT molecular complexity index is 1050. The molecule has 0 aromatic heterocycles. The van der Waals surface area contributed by atoms with E-state index < -0.39 is 42.0 Å². The summed E-state index contributed by atoms with van der Waals surface area (Å²) in [5.74, 6) is 0.724. The lowest BCUT2D eigenvalue weighted by Crippen LogP contribution is -2.49. The number of hydrogen-bond acceptors (Lipinski definition) is 3. The molecule has 1 saturated heterocycles. The number of carboxylic acid groups (broad SMARTS) is 1. The molecule has 2 aliphatic rings. The lowest BCUT2D eigenvalue weighted by Gasteiger charge is -2.39. The summed E-state index contributed by atoms with van der Waals surface area (Å²) in [7, 11) is 3.02. The molecule has 1 fully saturated rings. The highest BCUT2D eigenvalue weighted by molar-refractivity contribution is 5.74. The fourth-order valence-corrected chi connectivity index (χ4v) is 4.86. The minimum atomic E-state index is -4.95.